The van der Waals surface area contributed by atoms with E-state index < -0.39 is 0 Å². The van der Waals surface area contributed by atoms with Gasteiger partial charge in [0, 0.05) is 29.1 Å². The quantitative estimate of drug-likeness (QED) is 0.361. The number of ether oxygens (including phenoxy) is 1. The first-order valence-electron chi connectivity index (χ1n) is 12.1. The average Bonchev–Trinajstić information content (AvgIpc) is 3.67. The van der Waals surface area contributed by atoms with Gasteiger partial charge in [-0.25, -0.2) is 9.37 Å². The molecule has 8 heteroatoms. The van der Waals surface area contributed by atoms with E-state index in [2.05, 4.69) is 10.3 Å². The molecule has 1 aromatic heterocycles. The zero-order valence-electron chi connectivity index (χ0n) is 20.6. The minimum atomic E-state index is -0.362. The van der Waals surface area contributed by atoms with Crippen LogP contribution in [0.2, 0.25) is 0 Å². The number of benzene rings is 3. The fourth-order valence-corrected chi connectivity index (χ4v) is 4.10. The Morgan fingerprint density at radius 3 is 2.32 bits per heavy atom. The van der Waals surface area contributed by atoms with Gasteiger partial charge < -0.3 is 9.64 Å². The Morgan fingerprint density at radius 2 is 1.70 bits per heavy atom. The molecule has 1 fully saturated rings. The first kappa shape index (κ1) is 24.2. The van der Waals surface area contributed by atoms with Crippen LogP contribution >= 0.6 is 0 Å². The maximum atomic E-state index is 13.6. The van der Waals surface area contributed by atoms with Crippen molar-refractivity contribution in [3.8, 4) is 22.7 Å². The minimum Gasteiger partial charge on any atom is -0.497 e. The molecule has 7 nitrogen and oxygen atoms in total. The van der Waals surface area contributed by atoms with Gasteiger partial charge in [0.25, 0.3) is 5.91 Å². The number of hydrogen-bond donors (Lipinski definition) is 1. The summed E-state index contributed by atoms with van der Waals surface area (Å²) >= 11 is 0. The van der Waals surface area contributed by atoms with Gasteiger partial charge >= 0.3 is 0 Å². The van der Waals surface area contributed by atoms with Crippen LogP contribution in [0.15, 0.2) is 79.0 Å². The predicted molar refractivity (Wildman–Crippen MR) is 139 cm³/mol. The number of aryl methyl sites for hydroxylation is 1. The normalized spacial score (nSPS) is 12.7. The first-order valence-corrected chi connectivity index (χ1v) is 12.1. The lowest BCUT2D eigenvalue weighted by Gasteiger charge is -2.22. The molecule has 4 aromatic rings. The number of nitrogens with one attached hydrogen (secondary N) is 1. The van der Waals surface area contributed by atoms with E-state index >= 15 is 0 Å². The summed E-state index contributed by atoms with van der Waals surface area (Å²) in [5, 5.41) is 2.87. The lowest BCUT2D eigenvalue weighted by molar-refractivity contribution is -0.117. The van der Waals surface area contributed by atoms with Gasteiger partial charge in [0.2, 0.25) is 11.9 Å². The zero-order chi connectivity index (χ0) is 25.9. The number of carbonyl (C=O) groups is 2. The Balaban J connectivity index is 1.41. The highest BCUT2D eigenvalue weighted by atomic mass is 19.1. The summed E-state index contributed by atoms with van der Waals surface area (Å²) in [7, 11) is 1.60. The summed E-state index contributed by atoms with van der Waals surface area (Å²) in [5.41, 5.74) is 3.70. The second-order valence-electron chi connectivity index (χ2n) is 9.10. The van der Waals surface area contributed by atoms with Gasteiger partial charge in [-0.15, -0.1) is 0 Å². The lowest BCUT2D eigenvalue weighted by atomic mass is 10.1. The van der Waals surface area contributed by atoms with E-state index in [9.17, 15) is 14.0 Å². The number of aromatic nitrogens is 2. The monoisotopic (exact) mass is 498 g/mol. The van der Waals surface area contributed by atoms with Crippen molar-refractivity contribution >= 4 is 17.8 Å². The van der Waals surface area contributed by atoms with Gasteiger partial charge in [0.15, 0.2) is 0 Å². The third-order valence-electron chi connectivity index (χ3n) is 6.31. The molecule has 1 aliphatic rings. The van der Waals surface area contributed by atoms with Crippen molar-refractivity contribution in [1.82, 2.24) is 14.5 Å². The van der Waals surface area contributed by atoms with Gasteiger partial charge in [0.1, 0.15) is 18.1 Å². The second kappa shape index (κ2) is 10.3. The highest BCUT2D eigenvalue weighted by Gasteiger charge is 2.34. The zero-order valence-corrected chi connectivity index (χ0v) is 20.6. The number of anilines is 1. The topological polar surface area (TPSA) is 76.5 Å². The van der Waals surface area contributed by atoms with E-state index in [0.717, 1.165) is 24.0 Å². The number of nitrogens with zero attached hydrogens (tertiary/aromatic N) is 3. The highest BCUT2D eigenvalue weighted by molar-refractivity contribution is 5.99. The first-order chi connectivity index (χ1) is 17.9. The Kier molecular flexibility index (Phi) is 6.72. The predicted octanol–water partition coefficient (Wildman–Crippen LogP) is 5.24. The molecule has 188 valence electrons. The average molecular weight is 499 g/mol. The van der Waals surface area contributed by atoms with Crippen LogP contribution in [0.5, 0.6) is 5.75 Å². The smallest absolute Gasteiger partial charge is 0.254 e. The van der Waals surface area contributed by atoms with Crippen molar-refractivity contribution in [3.05, 3.63) is 95.9 Å². The molecule has 0 spiro atoms. The Morgan fingerprint density at radius 1 is 1.03 bits per heavy atom. The molecule has 1 N–H and O–H groups in total. The number of carbonyl (C=O) groups excluding carboxylic acids is 2. The fraction of sp³-hybridized carbons (Fsp3) is 0.207. The molecule has 1 aliphatic carbocycles. The van der Waals surface area contributed by atoms with E-state index in [-0.39, 0.29) is 36.2 Å². The third-order valence-corrected chi connectivity index (χ3v) is 6.31. The Bertz CT molecular complexity index is 1410. The molecule has 3 aromatic carbocycles. The Hall–Kier alpha value is -4.46. The molecule has 0 saturated heterocycles. The van der Waals surface area contributed by atoms with Gasteiger partial charge in [-0.1, -0.05) is 17.7 Å². The molecule has 2 amide bonds. The molecule has 0 atom stereocenters. The van der Waals surface area contributed by atoms with Crippen molar-refractivity contribution < 1.29 is 18.7 Å². The number of imidazole rings is 1. The maximum absolute atomic E-state index is 13.6. The van der Waals surface area contributed by atoms with Crippen LogP contribution in [0, 0.1) is 12.7 Å². The van der Waals surface area contributed by atoms with Gasteiger partial charge in [-0.3, -0.25) is 19.5 Å². The van der Waals surface area contributed by atoms with E-state index in [1.165, 1.54) is 12.1 Å². The minimum absolute atomic E-state index is 0.0475. The van der Waals surface area contributed by atoms with Crippen LogP contribution in [0.3, 0.4) is 0 Å². The molecule has 37 heavy (non-hydrogen) atoms. The molecule has 0 bridgehead atoms. The van der Waals surface area contributed by atoms with Crippen LogP contribution in [0.4, 0.5) is 10.3 Å². The largest absolute Gasteiger partial charge is 0.497 e. The van der Waals surface area contributed by atoms with Crippen LogP contribution in [0.1, 0.15) is 28.8 Å². The number of methoxy groups -OCH3 is 1. The summed E-state index contributed by atoms with van der Waals surface area (Å²) in [5.74, 6) is 0.107. The van der Waals surface area contributed by atoms with Crippen molar-refractivity contribution in [2.75, 3.05) is 19.0 Å². The van der Waals surface area contributed by atoms with Crippen molar-refractivity contribution in [1.29, 1.82) is 0 Å². The lowest BCUT2D eigenvalue weighted by Crippen LogP contribution is -2.39. The third kappa shape index (κ3) is 5.53. The SMILES string of the molecule is COc1ccc(-c2cn(-c3ccc(F)cc3)c(NC(=O)CN(C(=O)c3ccc(C)cc3)C3CC3)n2)cc1. The molecule has 0 aliphatic heterocycles. The molecule has 0 radical (unpaired) electrons. The standard InChI is InChI=1S/C29H27FN4O3/c1-19-3-5-21(6-4-19)28(36)33(23-13-14-23)18-27(35)32-29-31-26(20-7-15-25(37-2)16-8-20)17-34(29)24-11-9-22(30)10-12-24/h3-12,15-17,23H,13-14,18H2,1-2H3,(H,31,32,35). The number of amides is 2. The van der Waals surface area contributed by atoms with E-state index in [1.54, 1.807) is 47.0 Å². The number of hydrogen-bond acceptors (Lipinski definition) is 4. The molecule has 5 rings (SSSR count). The summed E-state index contributed by atoms with van der Waals surface area (Å²) in [6.45, 7) is 1.87. The van der Waals surface area contributed by atoms with E-state index in [4.69, 9.17) is 4.74 Å². The van der Waals surface area contributed by atoms with Crippen molar-refractivity contribution in [2.45, 2.75) is 25.8 Å². The molecule has 0 unspecified atom stereocenters. The summed E-state index contributed by atoms with van der Waals surface area (Å²) < 4.78 is 20.5. The summed E-state index contributed by atoms with van der Waals surface area (Å²) in [4.78, 5) is 32.6. The van der Waals surface area contributed by atoms with Gasteiger partial charge in [-0.2, -0.15) is 0 Å². The molecule has 1 heterocycles. The molecular formula is C29H27FN4O3. The summed E-state index contributed by atoms with van der Waals surface area (Å²) in [6, 6.07) is 20.7. The molecule has 1 saturated carbocycles. The Labute approximate surface area is 214 Å². The fourth-order valence-electron chi connectivity index (χ4n) is 4.10. The summed E-state index contributed by atoms with van der Waals surface area (Å²) in [6.07, 6.45) is 3.52. The highest BCUT2D eigenvalue weighted by Crippen LogP contribution is 2.29. The van der Waals surface area contributed by atoms with E-state index in [0.29, 0.717) is 22.7 Å². The van der Waals surface area contributed by atoms with Crippen LogP contribution in [-0.4, -0.2) is 46.0 Å². The van der Waals surface area contributed by atoms with Crippen molar-refractivity contribution in [2.24, 2.45) is 0 Å². The van der Waals surface area contributed by atoms with Crippen LogP contribution < -0.4 is 10.1 Å². The number of halogens is 1. The number of rotatable bonds is 8. The van der Waals surface area contributed by atoms with E-state index in [1.807, 2.05) is 43.3 Å². The van der Waals surface area contributed by atoms with Crippen LogP contribution in [-0.2, 0) is 4.79 Å². The maximum Gasteiger partial charge on any atom is 0.254 e. The van der Waals surface area contributed by atoms with Crippen molar-refractivity contribution in [3.63, 3.8) is 0 Å². The molecular weight excluding hydrogens is 471 g/mol. The van der Waals surface area contributed by atoms with Gasteiger partial charge in [0.05, 0.1) is 12.8 Å². The second-order valence-corrected chi connectivity index (χ2v) is 9.10. The van der Waals surface area contributed by atoms with Crippen LogP contribution in [0.25, 0.3) is 16.9 Å². The van der Waals surface area contributed by atoms with Gasteiger partial charge in [-0.05, 0) is 80.4 Å².